The molecular weight excluding hydrogens is 443 g/mol. The summed E-state index contributed by atoms with van der Waals surface area (Å²) < 4.78 is 11.2. The van der Waals surface area contributed by atoms with Crippen molar-refractivity contribution in [1.82, 2.24) is 15.5 Å². The molecule has 0 aliphatic heterocycles. The molecule has 7 heteroatoms. The van der Waals surface area contributed by atoms with Gasteiger partial charge in [-0.2, -0.15) is 0 Å². The van der Waals surface area contributed by atoms with Gasteiger partial charge in [-0.1, -0.05) is 18.2 Å². The Balaban J connectivity index is 0.00000625. The third-order valence-electron chi connectivity index (χ3n) is 3.65. The third-order valence-corrected chi connectivity index (χ3v) is 3.65. The molecule has 1 aromatic carbocycles. The number of guanidine groups is 1. The fourth-order valence-corrected chi connectivity index (χ4v) is 2.21. The Hall–Kier alpha value is -1.06. The molecule has 0 aromatic heterocycles. The first-order chi connectivity index (χ1) is 12.2. The number of rotatable bonds is 12. The molecule has 2 N–H and O–H groups in total. The van der Waals surface area contributed by atoms with E-state index in [4.69, 9.17) is 9.47 Å². The predicted octanol–water partition coefficient (Wildman–Crippen LogP) is 2.73. The topological polar surface area (TPSA) is 58.1 Å². The molecule has 0 unspecified atom stereocenters. The van der Waals surface area contributed by atoms with Crippen molar-refractivity contribution in [1.29, 1.82) is 0 Å². The van der Waals surface area contributed by atoms with E-state index in [0.717, 1.165) is 56.4 Å². The molecule has 0 aliphatic rings. The summed E-state index contributed by atoms with van der Waals surface area (Å²) in [6.07, 6.45) is 2.12. The van der Waals surface area contributed by atoms with E-state index in [1.54, 1.807) is 7.05 Å². The molecule has 0 aliphatic carbocycles. The minimum atomic E-state index is 0. The normalized spacial score (nSPS) is 11.2. The molecule has 6 nitrogen and oxygen atoms in total. The molecule has 0 spiro atoms. The molecule has 26 heavy (non-hydrogen) atoms. The molecule has 0 fully saturated rings. The van der Waals surface area contributed by atoms with E-state index < -0.39 is 0 Å². The number of unbranched alkanes of at least 4 members (excludes halogenated alkanes) is 1. The number of ether oxygens (including phenoxy) is 2. The Morgan fingerprint density at radius 1 is 1.12 bits per heavy atom. The van der Waals surface area contributed by atoms with Crippen molar-refractivity contribution in [3.63, 3.8) is 0 Å². The van der Waals surface area contributed by atoms with Crippen LogP contribution in [0.25, 0.3) is 0 Å². The van der Waals surface area contributed by atoms with E-state index in [1.807, 2.05) is 39.2 Å². The van der Waals surface area contributed by atoms with Crippen molar-refractivity contribution in [3.8, 4) is 5.75 Å². The maximum atomic E-state index is 5.89. The fourth-order valence-electron chi connectivity index (χ4n) is 2.21. The highest BCUT2D eigenvalue weighted by Gasteiger charge is 2.05. The average Bonchev–Trinajstić information content (AvgIpc) is 2.61. The minimum absolute atomic E-state index is 0. The van der Waals surface area contributed by atoms with Gasteiger partial charge < -0.3 is 25.0 Å². The second kappa shape index (κ2) is 16.1. The van der Waals surface area contributed by atoms with Crippen LogP contribution in [0.5, 0.6) is 5.75 Å². The maximum Gasteiger partial charge on any atom is 0.191 e. The van der Waals surface area contributed by atoms with Crippen LogP contribution in [0, 0.1) is 0 Å². The Bertz CT molecular complexity index is 498. The highest BCUT2D eigenvalue weighted by atomic mass is 127. The highest BCUT2D eigenvalue weighted by Crippen LogP contribution is 2.17. The first kappa shape index (κ1) is 24.9. The molecule has 1 rings (SSSR count). The zero-order valence-corrected chi connectivity index (χ0v) is 18.9. The summed E-state index contributed by atoms with van der Waals surface area (Å²) in [6.45, 7) is 6.76. The van der Waals surface area contributed by atoms with Gasteiger partial charge in [0.05, 0.1) is 0 Å². The van der Waals surface area contributed by atoms with Crippen molar-refractivity contribution in [2.75, 3.05) is 54.1 Å². The largest absolute Gasteiger partial charge is 0.492 e. The van der Waals surface area contributed by atoms with Gasteiger partial charge in [-0.3, -0.25) is 4.99 Å². The molecule has 0 atom stereocenters. The second-order valence-corrected chi connectivity index (χ2v) is 6.02. The highest BCUT2D eigenvalue weighted by molar-refractivity contribution is 14.0. The van der Waals surface area contributed by atoms with E-state index in [0.29, 0.717) is 13.2 Å². The lowest BCUT2D eigenvalue weighted by Gasteiger charge is -2.16. The van der Waals surface area contributed by atoms with E-state index in [-0.39, 0.29) is 24.0 Å². The number of nitrogens with one attached hydrogen (secondary N) is 2. The van der Waals surface area contributed by atoms with Gasteiger partial charge in [0, 0.05) is 45.5 Å². The van der Waals surface area contributed by atoms with Crippen molar-refractivity contribution in [2.24, 2.45) is 4.99 Å². The fraction of sp³-hybridized carbons (Fsp3) is 0.632. The summed E-state index contributed by atoms with van der Waals surface area (Å²) in [4.78, 5) is 6.38. The summed E-state index contributed by atoms with van der Waals surface area (Å²) in [5.74, 6) is 1.73. The van der Waals surface area contributed by atoms with Crippen molar-refractivity contribution < 1.29 is 9.47 Å². The number of hydrogen-bond donors (Lipinski definition) is 2. The zero-order chi connectivity index (χ0) is 18.3. The van der Waals surface area contributed by atoms with Crippen LogP contribution >= 0.6 is 24.0 Å². The van der Waals surface area contributed by atoms with Crippen molar-refractivity contribution in [2.45, 2.75) is 26.3 Å². The molecule has 0 saturated carbocycles. The van der Waals surface area contributed by atoms with Crippen molar-refractivity contribution in [3.05, 3.63) is 29.8 Å². The Morgan fingerprint density at radius 2 is 1.88 bits per heavy atom. The Labute approximate surface area is 175 Å². The number of nitrogens with zero attached hydrogens (tertiary/aromatic N) is 2. The van der Waals surface area contributed by atoms with Crippen LogP contribution in [0.15, 0.2) is 29.3 Å². The molecule has 0 amide bonds. The van der Waals surface area contributed by atoms with Crippen LogP contribution in [-0.4, -0.2) is 64.9 Å². The summed E-state index contributed by atoms with van der Waals surface area (Å²) in [7, 11) is 5.87. The van der Waals surface area contributed by atoms with Crippen LogP contribution in [0.3, 0.4) is 0 Å². The maximum absolute atomic E-state index is 5.89. The molecule has 0 radical (unpaired) electrons. The number of aliphatic imine (C=N–C) groups is 1. The third kappa shape index (κ3) is 11.5. The summed E-state index contributed by atoms with van der Waals surface area (Å²) >= 11 is 0. The van der Waals surface area contributed by atoms with Gasteiger partial charge in [-0.05, 0) is 39.9 Å². The Kier molecular flexibility index (Phi) is 15.5. The molecule has 0 saturated heterocycles. The smallest absolute Gasteiger partial charge is 0.191 e. The molecule has 0 heterocycles. The van der Waals surface area contributed by atoms with Gasteiger partial charge in [0.2, 0.25) is 0 Å². The lowest BCUT2D eigenvalue weighted by molar-refractivity contribution is 0.143. The van der Waals surface area contributed by atoms with Crippen LogP contribution in [0.2, 0.25) is 0 Å². The monoisotopic (exact) mass is 478 g/mol. The molecule has 150 valence electrons. The predicted molar refractivity (Wildman–Crippen MR) is 120 cm³/mol. The quantitative estimate of drug-likeness (QED) is 0.210. The standard InChI is InChI=1S/C19H34N4O2.HI/c1-5-24-14-9-8-12-21-19(20-2)22-16-17-10-6-7-11-18(17)25-15-13-23(3)4;/h6-7,10-11H,5,8-9,12-16H2,1-4H3,(H2,20,21,22);1H. The lowest BCUT2D eigenvalue weighted by Crippen LogP contribution is -2.37. The molecule has 0 bridgehead atoms. The first-order valence-corrected chi connectivity index (χ1v) is 9.05. The van der Waals surface area contributed by atoms with Gasteiger partial charge in [0.1, 0.15) is 12.4 Å². The van der Waals surface area contributed by atoms with Crippen LogP contribution in [-0.2, 0) is 11.3 Å². The zero-order valence-electron chi connectivity index (χ0n) is 16.6. The summed E-state index contributed by atoms with van der Waals surface area (Å²) in [5.41, 5.74) is 1.13. The van der Waals surface area contributed by atoms with E-state index in [9.17, 15) is 0 Å². The minimum Gasteiger partial charge on any atom is -0.492 e. The van der Waals surface area contributed by atoms with Gasteiger partial charge in [-0.25, -0.2) is 0 Å². The summed E-state index contributed by atoms with van der Waals surface area (Å²) in [6, 6.07) is 8.11. The molecule has 1 aromatic rings. The van der Waals surface area contributed by atoms with Crippen molar-refractivity contribution >= 4 is 29.9 Å². The van der Waals surface area contributed by atoms with E-state index in [1.165, 1.54) is 0 Å². The number of likely N-dealkylation sites (N-methyl/N-ethyl adjacent to an activating group) is 1. The number of hydrogen-bond acceptors (Lipinski definition) is 4. The van der Waals surface area contributed by atoms with Crippen LogP contribution < -0.4 is 15.4 Å². The van der Waals surface area contributed by atoms with Gasteiger partial charge in [0.25, 0.3) is 0 Å². The van der Waals surface area contributed by atoms with Gasteiger partial charge >= 0.3 is 0 Å². The number of para-hydroxylation sites is 1. The first-order valence-electron chi connectivity index (χ1n) is 9.05. The average molecular weight is 478 g/mol. The number of halogens is 1. The van der Waals surface area contributed by atoms with E-state index in [2.05, 4.69) is 26.6 Å². The van der Waals surface area contributed by atoms with Gasteiger partial charge in [0.15, 0.2) is 5.96 Å². The lowest BCUT2D eigenvalue weighted by atomic mass is 10.2. The Morgan fingerprint density at radius 3 is 2.58 bits per heavy atom. The van der Waals surface area contributed by atoms with Crippen LogP contribution in [0.4, 0.5) is 0 Å². The van der Waals surface area contributed by atoms with Crippen LogP contribution in [0.1, 0.15) is 25.3 Å². The molecular formula is C19H35IN4O2. The summed E-state index contributed by atoms with van der Waals surface area (Å²) in [5, 5.41) is 6.67. The SMILES string of the molecule is CCOCCCCNC(=NC)NCc1ccccc1OCCN(C)C.I. The van der Waals surface area contributed by atoms with Gasteiger partial charge in [-0.15, -0.1) is 24.0 Å². The second-order valence-electron chi connectivity index (χ2n) is 6.02. The number of benzene rings is 1. The van der Waals surface area contributed by atoms with E-state index >= 15 is 0 Å².